The van der Waals surface area contributed by atoms with Gasteiger partial charge in [0.1, 0.15) is 5.82 Å². The lowest BCUT2D eigenvalue weighted by atomic mass is 10.1. The summed E-state index contributed by atoms with van der Waals surface area (Å²) in [5.41, 5.74) is 4.08. The van der Waals surface area contributed by atoms with Gasteiger partial charge in [-0.1, -0.05) is 36.4 Å². The summed E-state index contributed by atoms with van der Waals surface area (Å²) in [5, 5.41) is 11.7. The standard InChI is InChI=1S/C20H15N3O2S/c24-20(25)14-7-5-13(6-8-14)12-26-18-10-9-15(11-21-18)19-22-16-3-1-2-4-17(16)23-19/h1-11H,12H2,(H,22,23)(H,24,25)/p-1. The molecule has 0 bridgehead atoms. The number of carboxylic acid groups (broad SMARTS) is 1. The highest BCUT2D eigenvalue weighted by Crippen LogP contribution is 2.24. The van der Waals surface area contributed by atoms with Crippen molar-refractivity contribution < 1.29 is 9.90 Å². The zero-order valence-electron chi connectivity index (χ0n) is 13.7. The number of carbonyl (C=O) groups excluding carboxylic acids is 1. The summed E-state index contributed by atoms with van der Waals surface area (Å²) in [6, 6.07) is 18.6. The number of aromatic nitrogens is 3. The Bertz CT molecular complexity index is 1020. The van der Waals surface area contributed by atoms with E-state index in [2.05, 4.69) is 15.0 Å². The summed E-state index contributed by atoms with van der Waals surface area (Å²) in [6.07, 6.45) is 1.80. The molecule has 2 aromatic carbocycles. The number of para-hydroxylation sites is 2. The van der Waals surface area contributed by atoms with Crippen LogP contribution in [-0.4, -0.2) is 20.9 Å². The Balaban J connectivity index is 1.45. The van der Waals surface area contributed by atoms with Crippen LogP contribution in [0, 0.1) is 0 Å². The maximum Gasteiger partial charge on any atom is 0.140 e. The van der Waals surface area contributed by atoms with Crippen LogP contribution in [0.1, 0.15) is 15.9 Å². The number of rotatable bonds is 5. The molecule has 0 aliphatic heterocycles. The molecule has 1 N–H and O–H groups in total. The lowest BCUT2D eigenvalue weighted by Crippen LogP contribution is -2.21. The fourth-order valence-corrected chi connectivity index (χ4v) is 3.39. The number of hydrogen-bond donors (Lipinski definition) is 1. The van der Waals surface area contributed by atoms with Gasteiger partial charge in [-0.25, -0.2) is 9.97 Å². The quantitative estimate of drug-likeness (QED) is 0.552. The third kappa shape index (κ3) is 3.45. The van der Waals surface area contributed by atoms with Crippen LogP contribution in [0.25, 0.3) is 22.4 Å². The van der Waals surface area contributed by atoms with Gasteiger partial charge in [0.15, 0.2) is 0 Å². The Kier molecular flexibility index (Phi) is 4.41. The van der Waals surface area contributed by atoms with Crippen LogP contribution in [0.15, 0.2) is 71.9 Å². The number of aromatic amines is 1. The molecule has 0 radical (unpaired) electrons. The highest BCUT2D eigenvalue weighted by Gasteiger charge is 2.06. The number of aromatic carboxylic acids is 1. The average Bonchev–Trinajstić information content (AvgIpc) is 3.11. The Morgan fingerprint density at radius 2 is 1.85 bits per heavy atom. The van der Waals surface area contributed by atoms with Gasteiger partial charge in [-0.2, -0.15) is 0 Å². The molecule has 0 amide bonds. The van der Waals surface area contributed by atoms with Gasteiger partial charge in [0.2, 0.25) is 0 Å². The average molecular weight is 360 g/mol. The van der Waals surface area contributed by atoms with Crippen molar-refractivity contribution in [2.45, 2.75) is 10.8 Å². The molecule has 0 unspecified atom stereocenters. The number of fused-ring (bicyclic) bond motifs is 1. The van der Waals surface area contributed by atoms with E-state index >= 15 is 0 Å². The van der Waals surface area contributed by atoms with Gasteiger partial charge in [-0.3, -0.25) is 0 Å². The van der Waals surface area contributed by atoms with E-state index in [1.165, 1.54) is 0 Å². The minimum atomic E-state index is -1.16. The number of benzene rings is 2. The first-order chi connectivity index (χ1) is 12.7. The van der Waals surface area contributed by atoms with Crippen molar-refractivity contribution in [3.63, 3.8) is 0 Å². The first-order valence-electron chi connectivity index (χ1n) is 8.03. The maximum absolute atomic E-state index is 10.8. The SMILES string of the molecule is O=C([O-])c1ccc(CSc2ccc(-c3nc4ccccc4[nH]3)cn2)cc1. The van der Waals surface area contributed by atoms with Crippen LogP contribution in [0.3, 0.4) is 0 Å². The summed E-state index contributed by atoms with van der Waals surface area (Å²) in [6.45, 7) is 0. The minimum absolute atomic E-state index is 0.187. The molecule has 2 aromatic heterocycles. The number of nitrogens with zero attached hydrogens (tertiary/aromatic N) is 2. The Labute approximate surface area is 154 Å². The van der Waals surface area contributed by atoms with Crippen molar-refractivity contribution in [1.29, 1.82) is 0 Å². The largest absolute Gasteiger partial charge is 0.545 e. The zero-order valence-corrected chi connectivity index (χ0v) is 14.5. The number of H-pyrrole nitrogens is 1. The van der Waals surface area contributed by atoms with Gasteiger partial charge in [0.25, 0.3) is 0 Å². The predicted molar refractivity (Wildman–Crippen MR) is 99.7 cm³/mol. The number of pyridine rings is 1. The Morgan fingerprint density at radius 3 is 2.54 bits per heavy atom. The van der Waals surface area contributed by atoms with E-state index in [-0.39, 0.29) is 5.56 Å². The van der Waals surface area contributed by atoms with Gasteiger partial charge in [-0.15, -0.1) is 11.8 Å². The van der Waals surface area contributed by atoms with Crippen LogP contribution < -0.4 is 5.11 Å². The van der Waals surface area contributed by atoms with Crippen LogP contribution in [0.4, 0.5) is 0 Å². The molecule has 0 aliphatic carbocycles. The van der Waals surface area contributed by atoms with Crippen LogP contribution in [0.2, 0.25) is 0 Å². The van der Waals surface area contributed by atoms with Crippen molar-refractivity contribution in [1.82, 2.24) is 15.0 Å². The maximum atomic E-state index is 10.8. The molecular formula is C20H14N3O2S-. The lowest BCUT2D eigenvalue weighted by molar-refractivity contribution is -0.255. The molecular weight excluding hydrogens is 346 g/mol. The fraction of sp³-hybridized carbons (Fsp3) is 0.0500. The Morgan fingerprint density at radius 1 is 1.04 bits per heavy atom. The number of carboxylic acids is 1. The molecule has 0 aliphatic rings. The fourth-order valence-electron chi connectivity index (χ4n) is 2.59. The van der Waals surface area contributed by atoms with Gasteiger partial charge in [-0.05, 0) is 35.4 Å². The van der Waals surface area contributed by atoms with Gasteiger partial charge in [0, 0.05) is 17.5 Å². The molecule has 6 heteroatoms. The van der Waals surface area contributed by atoms with Gasteiger partial charge in [0.05, 0.1) is 22.0 Å². The summed E-state index contributed by atoms with van der Waals surface area (Å²) in [4.78, 5) is 23.1. The normalized spacial score (nSPS) is 10.9. The molecule has 0 fully saturated rings. The molecule has 26 heavy (non-hydrogen) atoms. The smallest absolute Gasteiger partial charge is 0.140 e. The second-order valence-electron chi connectivity index (χ2n) is 5.76. The molecule has 0 saturated carbocycles. The number of nitrogens with one attached hydrogen (secondary N) is 1. The zero-order chi connectivity index (χ0) is 17.9. The van der Waals surface area contributed by atoms with Crippen molar-refractivity contribution in [3.05, 3.63) is 78.0 Å². The summed E-state index contributed by atoms with van der Waals surface area (Å²) >= 11 is 1.59. The van der Waals surface area contributed by atoms with Crippen molar-refractivity contribution in [3.8, 4) is 11.4 Å². The first kappa shape index (κ1) is 16.4. The second-order valence-corrected chi connectivity index (χ2v) is 6.76. The van der Waals surface area contributed by atoms with Crippen molar-refractivity contribution in [2.75, 3.05) is 0 Å². The molecule has 4 aromatic rings. The molecule has 4 rings (SSSR count). The molecule has 128 valence electrons. The number of thioether (sulfide) groups is 1. The topological polar surface area (TPSA) is 81.7 Å². The molecule has 0 spiro atoms. The monoisotopic (exact) mass is 360 g/mol. The van der Waals surface area contributed by atoms with E-state index in [4.69, 9.17) is 0 Å². The van der Waals surface area contributed by atoms with E-state index in [0.717, 1.165) is 33.0 Å². The number of imidazole rings is 1. The number of hydrogen-bond acceptors (Lipinski definition) is 5. The lowest BCUT2D eigenvalue weighted by Gasteiger charge is -2.05. The van der Waals surface area contributed by atoms with Crippen LogP contribution >= 0.6 is 11.8 Å². The summed E-state index contributed by atoms with van der Waals surface area (Å²) in [5.74, 6) is 0.352. The molecule has 0 saturated heterocycles. The summed E-state index contributed by atoms with van der Waals surface area (Å²) < 4.78 is 0. The van der Waals surface area contributed by atoms with E-state index in [1.807, 2.05) is 36.4 Å². The van der Waals surface area contributed by atoms with Crippen LogP contribution in [0.5, 0.6) is 0 Å². The highest BCUT2D eigenvalue weighted by atomic mass is 32.2. The third-order valence-electron chi connectivity index (χ3n) is 3.98. The van der Waals surface area contributed by atoms with Crippen LogP contribution in [-0.2, 0) is 5.75 Å². The van der Waals surface area contributed by atoms with E-state index in [9.17, 15) is 9.90 Å². The van der Waals surface area contributed by atoms with Gasteiger partial charge < -0.3 is 14.9 Å². The summed E-state index contributed by atoms with van der Waals surface area (Å²) in [7, 11) is 0. The molecule has 0 atom stereocenters. The van der Waals surface area contributed by atoms with E-state index in [1.54, 1.807) is 42.2 Å². The first-order valence-corrected chi connectivity index (χ1v) is 9.02. The van der Waals surface area contributed by atoms with Crippen molar-refractivity contribution in [2.24, 2.45) is 0 Å². The third-order valence-corrected chi connectivity index (χ3v) is 4.99. The minimum Gasteiger partial charge on any atom is -0.545 e. The highest BCUT2D eigenvalue weighted by molar-refractivity contribution is 7.98. The van der Waals surface area contributed by atoms with Crippen molar-refractivity contribution >= 4 is 28.8 Å². The number of carbonyl (C=O) groups is 1. The van der Waals surface area contributed by atoms with E-state index < -0.39 is 5.97 Å². The molecule has 5 nitrogen and oxygen atoms in total. The molecule has 2 heterocycles. The Hall–Kier alpha value is -3.12. The predicted octanol–water partition coefficient (Wildman–Crippen LogP) is 3.28. The van der Waals surface area contributed by atoms with Gasteiger partial charge >= 0.3 is 0 Å². The second kappa shape index (κ2) is 7.01. The van der Waals surface area contributed by atoms with E-state index in [0.29, 0.717) is 5.75 Å².